The van der Waals surface area contributed by atoms with Crippen molar-refractivity contribution < 1.29 is 19.1 Å². The molecule has 2 aromatic carbocycles. The van der Waals surface area contributed by atoms with E-state index < -0.39 is 12.1 Å². The molecule has 0 bridgehead atoms. The van der Waals surface area contributed by atoms with E-state index in [-0.39, 0.29) is 35.6 Å². The smallest absolute Gasteiger partial charge is 0.407 e. The number of rotatable bonds is 11. The Bertz CT molecular complexity index is 2040. The van der Waals surface area contributed by atoms with Crippen LogP contribution in [0, 0.1) is 11.8 Å². The second kappa shape index (κ2) is 16.5. The average Bonchev–Trinajstić information content (AvgIpc) is 4.01. The molecule has 1 aliphatic carbocycles. The number of carbonyl (C=O) groups excluding carboxylic acids is 3. The van der Waals surface area contributed by atoms with E-state index in [1.807, 2.05) is 43.3 Å². The van der Waals surface area contributed by atoms with Crippen molar-refractivity contribution >= 4 is 17.9 Å². The standard InChI is InChI=1S/C42H48N8O4/c1-26(2)37(49-42(53)54-3)41(52)50-21-7-11-36(50)39-45-25-35(48-39)31-18-14-29(15-19-31)28-12-16-30(17-13-28)34-24-44-38(47-34)32-9-4-5-10-33(32)40(51)46-23-27-8-6-20-43-22-27/h6,8,12-20,22,24-26,32-33,36-37H,4-5,7,9-11,21,23H2,1-3H3,(H,44,47)(H,45,48)(H,46,51)(H,49,53)/t32?,33-,36+,37+/m1/s1. The summed E-state index contributed by atoms with van der Waals surface area (Å²) in [7, 11) is 1.30. The predicted octanol–water partition coefficient (Wildman–Crippen LogP) is 7.16. The Kier molecular flexibility index (Phi) is 11.2. The van der Waals surface area contributed by atoms with Crippen LogP contribution in [0.1, 0.15) is 81.5 Å². The number of alkyl carbamates (subject to hydrolysis) is 1. The molecule has 1 unspecified atom stereocenters. The molecule has 280 valence electrons. The molecule has 5 aromatic rings. The molecule has 3 amide bonds. The van der Waals surface area contributed by atoms with Crippen molar-refractivity contribution in [2.45, 2.75) is 76.9 Å². The van der Waals surface area contributed by atoms with Crippen LogP contribution in [0.4, 0.5) is 4.79 Å². The van der Waals surface area contributed by atoms with Crippen molar-refractivity contribution in [1.29, 1.82) is 0 Å². The van der Waals surface area contributed by atoms with Crippen LogP contribution in [0.2, 0.25) is 0 Å². The predicted molar refractivity (Wildman–Crippen MR) is 206 cm³/mol. The number of imidazole rings is 2. The highest BCUT2D eigenvalue weighted by Gasteiger charge is 2.38. The first-order valence-electron chi connectivity index (χ1n) is 18.9. The van der Waals surface area contributed by atoms with Crippen LogP contribution >= 0.6 is 0 Å². The second-order valence-electron chi connectivity index (χ2n) is 14.6. The lowest BCUT2D eigenvalue weighted by atomic mass is 9.78. The Morgan fingerprint density at radius 3 is 2.07 bits per heavy atom. The van der Waals surface area contributed by atoms with Crippen molar-refractivity contribution in [3.63, 3.8) is 0 Å². The molecule has 12 heteroatoms. The molecular weight excluding hydrogens is 681 g/mol. The van der Waals surface area contributed by atoms with Crippen molar-refractivity contribution in [2.24, 2.45) is 11.8 Å². The van der Waals surface area contributed by atoms with Gasteiger partial charge in [0, 0.05) is 37.3 Å². The lowest BCUT2D eigenvalue weighted by Gasteiger charge is -2.30. The summed E-state index contributed by atoms with van der Waals surface area (Å²) in [6.07, 6.45) is 12.1. The molecule has 3 aromatic heterocycles. The molecule has 1 aliphatic heterocycles. The zero-order valence-electron chi connectivity index (χ0n) is 31.0. The van der Waals surface area contributed by atoms with Crippen molar-refractivity contribution in [3.8, 4) is 33.6 Å². The summed E-state index contributed by atoms with van der Waals surface area (Å²) in [6.45, 7) is 4.89. The lowest BCUT2D eigenvalue weighted by molar-refractivity contribution is -0.135. The summed E-state index contributed by atoms with van der Waals surface area (Å²) in [5.41, 5.74) is 7.00. The van der Waals surface area contributed by atoms with E-state index in [0.29, 0.717) is 13.1 Å². The third kappa shape index (κ3) is 8.07. The molecule has 4 atom stereocenters. The molecule has 0 spiro atoms. The van der Waals surface area contributed by atoms with Gasteiger partial charge >= 0.3 is 6.09 Å². The number of nitrogens with one attached hydrogen (secondary N) is 4. The van der Waals surface area contributed by atoms with Gasteiger partial charge in [-0.3, -0.25) is 14.6 Å². The molecule has 2 fully saturated rings. The van der Waals surface area contributed by atoms with Gasteiger partial charge < -0.3 is 30.2 Å². The summed E-state index contributed by atoms with van der Waals surface area (Å²) in [5.74, 6) is 1.39. The number of benzene rings is 2. The van der Waals surface area contributed by atoms with Crippen molar-refractivity contribution in [1.82, 2.24) is 40.5 Å². The van der Waals surface area contributed by atoms with Gasteiger partial charge in [-0.25, -0.2) is 14.8 Å². The quantitative estimate of drug-likeness (QED) is 0.112. The maximum atomic E-state index is 13.5. The summed E-state index contributed by atoms with van der Waals surface area (Å²) in [4.78, 5) is 61.1. The van der Waals surface area contributed by atoms with Crippen LogP contribution in [0.5, 0.6) is 0 Å². The molecule has 0 radical (unpaired) electrons. The summed E-state index contributed by atoms with van der Waals surface area (Å²) in [6, 6.07) is 19.7. The number of amides is 3. The van der Waals surface area contributed by atoms with Crippen LogP contribution in [0.3, 0.4) is 0 Å². The van der Waals surface area contributed by atoms with Crippen LogP contribution < -0.4 is 10.6 Å². The van der Waals surface area contributed by atoms with E-state index in [1.54, 1.807) is 12.4 Å². The van der Waals surface area contributed by atoms with E-state index in [9.17, 15) is 14.4 Å². The van der Waals surface area contributed by atoms with Crippen molar-refractivity contribution in [2.75, 3.05) is 13.7 Å². The number of ether oxygens (including phenoxy) is 1. The van der Waals surface area contributed by atoms with E-state index in [0.717, 1.165) is 89.4 Å². The van der Waals surface area contributed by atoms with Gasteiger partial charge in [0.15, 0.2) is 0 Å². The molecular formula is C42H48N8O4. The van der Waals surface area contributed by atoms with Gasteiger partial charge in [-0.05, 0) is 65.5 Å². The fourth-order valence-corrected chi connectivity index (χ4v) is 7.80. The molecule has 54 heavy (non-hydrogen) atoms. The monoisotopic (exact) mass is 728 g/mol. The highest BCUT2D eigenvalue weighted by atomic mass is 16.5. The Morgan fingerprint density at radius 2 is 1.44 bits per heavy atom. The molecule has 2 aliphatic rings. The number of aromatic amines is 2. The first-order valence-corrected chi connectivity index (χ1v) is 18.9. The maximum Gasteiger partial charge on any atom is 0.407 e. The number of pyridine rings is 1. The fourth-order valence-electron chi connectivity index (χ4n) is 7.80. The van der Waals surface area contributed by atoms with Gasteiger partial charge in [-0.15, -0.1) is 0 Å². The van der Waals surface area contributed by atoms with Crippen LogP contribution in [-0.2, 0) is 20.9 Å². The molecule has 1 saturated carbocycles. The van der Waals surface area contributed by atoms with E-state index in [1.165, 1.54) is 7.11 Å². The molecule has 12 nitrogen and oxygen atoms in total. The van der Waals surface area contributed by atoms with Crippen LogP contribution in [-0.4, -0.2) is 67.4 Å². The minimum Gasteiger partial charge on any atom is -0.453 e. The molecule has 4 N–H and O–H groups in total. The molecule has 7 rings (SSSR count). The molecule has 4 heterocycles. The topological polar surface area (TPSA) is 158 Å². The number of methoxy groups -OCH3 is 1. The van der Waals surface area contributed by atoms with E-state index in [4.69, 9.17) is 9.72 Å². The third-order valence-electron chi connectivity index (χ3n) is 10.8. The van der Waals surface area contributed by atoms with Gasteiger partial charge in [0.05, 0.1) is 36.9 Å². The van der Waals surface area contributed by atoms with Gasteiger partial charge in [0.1, 0.15) is 17.7 Å². The lowest BCUT2D eigenvalue weighted by Crippen LogP contribution is -2.51. The number of likely N-dealkylation sites (tertiary alicyclic amines) is 1. The highest BCUT2D eigenvalue weighted by molar-refractivity contribution is 5.86. The number of nitrogens with zero attached hydrogens (tertiary/aromatic N) is 4. The summed E-state index contributed by atoms with van der Waals surface area (Å²) < 4.78 is 4.76. The Hall–Kier alpha value is -5.78. The Morgan fingerprint density at radius 1 is 0.815 bits per heavy atom. The van der Waals surface area contributed by atoms with Crippen LogP contribution in [0.25, 0.3) is 33.6 Å². The summed E-state index contributed by atoms with van der Waals surface area (Å²) >= 11 is 0. The number of hydrogen-bond donors (Lipinski definition) is 4. The Balaban J connectivity index is 0.988. The Labute approximate surface area is 315 Å². The minimum atomic E-state index is -0.677. The van der Waals surface area contributed by atoms with Gasteiger partial charge in [-0.2, -0.15) is 0 Å². The van der Waals surface area contributed by atoms with Gasteiger partial charge in [0.25, 0.3) is 0 Å². The second-order valence-corrected chi connectivity index (χ2v) is 14.6. The average molecular weight is 729 g/mol. The van der Waals surface area contributed by atoms with E-state index in [2.05, 4.69) is 79.1 Å². The third-order valence-corrected chi connectivity index (χ3v) is 10.8. The van der Waals surface area contributed by atoms with Gasteiger partial charge in [-0.1, -0.05) is 81.3 Å². The highest BCUT2D eigenvalue weighted by Crippen LogP contribution is 2.38. The first kappa shape index (κ1) is 36.6. The minimum absolute atomic E-state index is 0.0531. The van der Waals surface area contributed by atoms with Gasteiger partial charge in [0.2, 0.25) is 11.8 Å². The van der Waals surface area contributed by atoms with E-state index >= 15 is 0 Å². The fraction of sp³-hybridized carbons (Fsp3) is 0.381. The number of H-pyrrole nitrogens is 2. The SMILES string of the molecule is COC(=O)N[C@H](C(=O)N1CCC[C@H]1c1ncc(-c2ccc(-c3ccc(-c4cnc(C5CCCC[C@H]5C(=O)NCc5cccnc5)[nH]4)cc3)cc2)[nH]1)C(C)C. The number of carbonyl (C=O) groups is 3. The largest absolute Gasteiger partial charge is 0.453 e. The summed E-state index contributed by atoms with van der Waals surface area (Å²) in [5, 5.41) is 5.82. The van der Waals surface area contributed by atoms with Crippen molar-refractivity contribution in [3.05, 3.63) is 103 Å². The zero-order chi connectivity index (χ0) is 37.6. The first-order chi connectivity index (χ1) is 26.3. The number of hydrogen-bond acceptors (Lipinski definition) is 7. The van der Waals surface area contributed by atoms with Crippen LogP contribution in [0.15, 0.2) is 85.5 Å². The molecule has 1 saturated heterocycles. The normalized spacial score (nSPS) is 19.0. The number of aromatic nitrogens is 5. The maximum absolute atomic E-state index is 13.5. The zero-order valence-corrected chi connectivity index (χ0v) is 31.0.